The standard InChI is InChI=1S/C12H11ClN2O2/c1-15(2)6-8(7-16)12-14-10-5-9(13)3-4-11(10)17-12/h3-7H,1-2H3/b8-6-. The van der Waals surface area contributed by atoms with Crippen LogP contribution in [0.2, 0.25) is 5.02 Å². The van der Waals surface area contributed by atoms with Gasteiger partial charge in [-0.2, -0.15) is 0 Å². The van der Waals surface area contributed by atoms with E-state index < -0.39 is 0 Å². The maximum Gasteiger partial charge on any atom is 0.232 e. The average Bonchev–Trinajstić information content (AvgIpc) is 2.68. The summed E-state index contributed by atoms with van der Waals surface area (Å²) >= 11 is 5.85. The van der Waals surface area contributed by atoms with Crippen molar-refractivity contribution >= 4 is 34.6 Å². The molecule has 4 nitrogen and oxygen atoms in total. The van der Waals surface area contributed by atoms with E-state index in [4.69, 9.17) is 16.0 Å². The summed E-state index contributed by atoms with van der Waals surface area (Å²) in [5.41, 5.74) is 1.64. The molecule has 88 valence electrons. The number of hydrogen-bond acceptors (Lipinski definition) is 4. The Hall–Kier alpha value is -1.81. The number of rotatable bonds is 3. The van der Waals surface area contributed by atoms with Gasteiger partial charge in [-0.1, -0.05) is 11.6 Å². The third-order valence-electron chi connectivity index (χ3n) is 2.12. The van der Waals surface area contributed by atoms with E-state index in [1.165, 1.54) is 0 Å². The van der Waals surface area contributed by atoms with Gasteiger partial charge in [0.1, 0.15) is 5.52 Å². The summed E-state index contributed by atoms with van der Waals surface area (Å²) in [6.07, 6.45) is 2.37. The predicted molar refractivity (Wildman–Crippen MR) is 66.7 cm³/mol. The molecule has 0 unspecified atom stereocenters. The van der Waals surface area contributed by atoms with Gasteiger partial charge in [-0.3, -0.25) is 4.79 Å². The van der Waals surface area contributed by atoms with Crippen molar-refractivity contribution in [3.8, 4) is 0 Å². The molecule has 2 aromatic rings. The van der Waals surface area contributed by atoms with E-state index in [0.29, 0.717) is 33.9 Å². The fraction of sp³-hybridized carbons (Fsp3) is 0.167. The summed E-state index contributed by atoms with van der Waals surface area (Å²) in [5, 5.41) is 0.585. The Morgan fingerprint density at radius 3 is 2.88 bits per heavy atom. The Morgan fingerprint density at radius 1 is 1.47 bits per heavy atom. The first-order valence-corrected chi connectivity index (χ1v) is 5.38. The van der Waals surface area contributed by atoms with Crippen molar-refractivity contribution in [3.05, 3.63) is 35.3 Å². The summed E-state index contributed by atoms with van der Waals surface area (Å²) in [6.45, 7) is 0. The molecule has 0 bridgehead atoms. The number of carbonyl (C=O) groups excluding carboxylic acids is 1. The van der Waals surface area contributed by atoms with Crippen LogP contribution in [-0.4, -0.2) is 30.3 Å². The van der Waals surface area contributed by atoms with Crippen LogP contribution >= 0.6 is 11.6 Å². The summed E-state index contributed by atoms with van der Waals surface area (Å²) in [4.78, 5) is 16.9. The zero-order valence-corrected chi connectivity index (χ0v) is 10.2. The Morgan fingerprint density at radius 2 is 2.24 bits per heavy atom. The molecule has 0 aliphatic rings. The number of carbonyl (C=O) groups is 1. The zero-order valence-electron chi connectivity index (χ0n) is 9.48. The van der Waals surface area contributed by atoms with E-state index >= 15 is 0 Å². The highest BCUT2D eigenvalue weighted by Crippen LogP contribution is 2.23. The number of nitrogens with zero attached hydrogens (tertiary/aromatic N) is 2. The summed E-state index contributed by atoms with van der Waals surface area (Å²) in [6, 6.07) is 5.14. The van der Waals surface area contributed by atoms with Crippen LogP contribution in [0, 0.1) is 0 Å². The minimum absolute atomic E-state index is 0.297. The zero-order chi connectivity index (χ0) is 12.4. The maximum absolute atomic E-state index is 11.0. The first kappa shape index (κ1) is 11.7. The van der Waals surface area contributed by atoms with E-state index in [9.17, 15) is 4.79 Å². The number of halogens is 1. The normalized spacial score (nSPS) is 11.8. The SMILES string of the molecule is CN(C)/C=C(/C=O)c1nc2cc(Cl)ccc2o1. The molecule has 0 saturated heterocycles. The number of aldehydes is 1. The topological polar surface area (TPSA) is 46.3 Å². The maximum atomic E-state index is 11.0. The van der Waals surface area contributed by atoms with Gasteiger partial charge in [-0.15, -0.1) is 0 Å². The van der Waals surface area contributed by atoms with Crippen LogP contribution in [0.1, 0.15) is 5.89 Å². The molecule has 0 fully saturated rings. The molecule has 17 heavy (non-hydrogen) atoms. The van der Waals surface area contributed by atoms with Gasteiger partial charge >= 0.3 is 0 Å². The molecule has 0 aliphatic carbocycles. The van der Waals surface area contributed by atoms with Crippen molar-refractivity contribution in [2.24, 2.45) is 0 Å². The minimum Gasteiger partial charge on any atom is -0.436 e. The van der Waals surface area contributed by atoms with Crippen LogP contribution < -0.4 is 0 Å². The first-order valence-electron chi connectivity index (χ1n) is 5.00. The predicted octanol–water partition coefficient (Wildman–Crippen LogP) is 2.58. The molecule has 0 N–H and O–H groups in total. The van der Waals surface area contributed by atoms with Crippen molar-refractivity contribution < 1.29 is 9.21 Å². The minimum atomic E-state index is 0.297. The van der Waals surface area contributed by atoms with Crippen LogP contribution in [-0.2, 0) is 4.79 Å². The highest BCUT2D eigenvalue weighted by molar-refractivity contribution is 6.31. The summed E-state index contributed by atoms with van der Waals surface area (Å²) in [5.74, 6) is 0.297. The van der Waals surface area contributed by atoms with E-state index in [-0.39, 0.29) is 0 Å². The number of aromatic nitrogens is 1. The van der Waals surface area contributed by atoms with E-state index in [1.54, 1.807) is 29.3 Å². The number of fused-ring (bicyclic) bond motifs is 1. The fourth-order valence-electron chi connectivity index (χ4n) is 1.44. The Kier molecular flexibility index (Phi) is 3.15. The molecular formula is C12H11ClN2O2. The molecule has 5 heteroatoms. The third kappa shape index (κ3) is 2.47. The van der Waals surface area contributed by atoms with Gasteiger partial charge < -0.3 is 9.32 Å². The quantitative estimate of drug-likeness (QED) is 0.621. The van der Waals surface area contributed by atoms with Gasteiger partial charge in [0.2, 0.25) is 5.89 Å². The van der Waals surface area contributed by atoms with E-state index in [0.717, 1.165) is 0 Å². The highest BCUT2D eigenvalue weighted by Gasteiger charge is 2.10. The van der Waals surface area contributed by atoms with Crippen molar-refractivity contribution in [1.29, 1.82) is 0 Å². The molecule has 0 amide bonds. The van der Waals surface area contributed by atoms with Crippen LogP contribution in [0.15, 0.2) is 28.8 Å². The molecule has 0 saturated carbocycles. The van der Waals surface area contributed by atoms with Crippen LogP contribution in [0.3, 0.4) is 0 Å². The molecular weight excluding hydrogens is 240 g/mol. The van der Waals surface area contributed by atoms with Crippen LogP contribution in [0.25, 0.3) is 16.7 Å². The first-order chi connectivity index (χ1) is 8.10. The fourth-order valence-corrected chi connectivity index (χ4v) is 1.60. The van der Waals surface area contributed by atoms with E-state index in [2.05, 4.69) is 4.98 Å². The second-order valence-corrected chi connectivity index (χ2v) is 4.23. The van der Waals surface area contributed by atoms with Crippen LogP contribution in [0.5, 0.6) is 0 Å². The number of hydrogen-bond donors (Lipinski definition) is 0. The molecule has 0 aliphatic heterocycles. The second-order valence-electron chi connectivity index (χ2n) is 3.80. The van der Waals surface area contributed by atoms with Gasteiger partial charge in [0, 0.05) is 25.3 Å². The highest BCUT2D eigenvalue weighted by atomic mass is 35.5. The number of allylic oxidation sites excluding steroid dienone is 1. The molecule has 0 atom stereocenters. The smallest absolute Gasteiger partial charge is 0.232 e. The van der Waals surface area contributed by atoms with Gasteiger partial charge in [0.05, 0.1) is 5.57 Å². The monoisotopic (exact) mass is 250 g/mol. The molecule has 0 spiro atoms. The molecule has 1 aromatic carbocycles. The molecule has 0 radical (unpaired) electrons. The largest absolute Gasteiger partial charge is 0.436 e. The second kappa shape index (κ2) is 4.59. The van der Waals surface area contributed by atoms with Crippen molar-refractivity contribution in [2.45, 2.75) is 0 Å². The molecule has 1 heterocycles. The molecule has 2 rings (SSSR count). The lowest BCUT2D eigenvalue weighted by molar-refractivity contribution is -0.103. The van der Waals surface area contributed by atoms with Crippen molar-refractivity contribution in [1.82, 2.24) is 9.88 Å². The van der Waals surface area contributed by atoms with Crippen molar-refractivity contribution in [2.75, 3.05) is 14.1 Å². The van der Waals surface area contributed by atoms with Gasteiger partial charge in [-0.25, -0.2) is 4.98 Å². The van der Waals surface area contributed by atoms with Gasteiger partial charge in [0.15, 0.2) is 11.9 Å². The van der Waals surface area contributed by atoms with Crippen LogP contribution in [0.4, 0.5) is 0 Å². The Bertz CT molecular complexity index is 587. The van der Waals surface area contributed by atoms with Gasteiger partial charge in [0.25, 0.3) is 0 Å². The third-order valence-corrected chi connectivity index (χ3v) is 2.36. The van der Waals surface area contributed by atoms with E-state index in [1.807, 2.05) is 14.1 Å². The number of oxazole rings is 1. The lowest BCUT2D eigenvalue weighted by atomic mass is 10.3. The lowest BCUT2D eigenvalue weighted by Crippen LogP contribution is -2.03. The van der Waals surface area contributed by atoms with Crippen molar-refractivity contribution in [3.63, 3.8) is 0 Å². The molecule has 1 aromatic heterocycles. The lowest BCUT2D eigenvalue weighted by Gasteiger charge is -2.04. The Balaban J connectivity index is 2.52. The summed E-state index contributed by atoms with van der Waals surface area (Å²) < 4.78 is 5.48. The van der Waals surface area contributed by atoms with Gasteiger partial charge in [-0.05, 0) is 18.2 Å². The number of benzene rings is 1. The Labute approximate surface area is 103 Å². The average molecular weight is 251 g/mol. The summed E-state index contributed by atoms with van der Waals surface area (Å²) in [7, 11) is 3.64.